The molecule has 2 aliphatic rings. The van der Waals surface area contributed by atoms with Crippen LogP contribution in [0.1, 0.15) is 87.6 Å². The van der Waals surface area contributed by atoms with Crippen LogP contribution in [0.2, 0.25) is 0 Å². The number of amides is 6. The quantitative estimate of drug-likeness (QED) is 0.272. The summed E-state index contributed by atoms with van der Waals surface area (Å²) in [5, 5.41) is 18.7. The number of nitrogens with one attached hydrogen (secondary N) is 5. The fraction of sp³-hybridized carbons (Fsp3) is 0.571. The van der Waals surface area contributed by atoms with Crippen molar-refractivity contribution < 1.29 is 28.8 Å². The van der Waals surface area contributed by atoms with Crippen molar-refractivity contribution in [3.8, 4) is 0 Å². The van der Waals surface area contributed by atoms with Crippen LogP contribution in [-0.4, -0.2) is 98.9 Å². The fourth-order valence-corrected chi connectivity index (χ4v) is 6.65. The van der Waals surface area contributed by atoms with E-state index in [0.717, 1.165) is 5.69 Å². The van der Waals surface area contributed by atoms with Gasteiger partial charge in [0, 0.05) is 19.6 Å². The van der Waals surface area contributed by atoms with Crippen LogP contribution in [0, 0.1) is 5.92 Å². The van der Waals surface area contributed by atoms with Crippen molar-refractivity contribution in [1.82, 2.24) is 41.3 Å². The monoisotopic (exact) mass is 710 g/mol. The molecular formula is C35H50N8O6S. The number of hydrogen-bond acceptors (Lipinski definition) is 8. The van der Waals surface area contributed by atoms with Crippen molar-refractivity contribution in [3.63, 3.8) is 0 Å². The number of fused-ring (bicyclic) bond motifs is 1. The number of carbonyl (C=O) groups is 6. The van der Waals surface area contributed by atoms with Gasteiger partial charge >= 0.3 is 0 Å². The van der Waals surface area contributed by atoms with Gasteiger partial charge in [0.2, 0.25) is 29.5 Å². The predicted molar refractivity (Wildman–Crippen MR) is 190 cm³/mol. The van der Waals surface area contributed by atoms with Crippen molar-refractivity contribution in [2.75, 3.05) is 18.6 Å². The number of nitrogens with zero attached hydrogens (tertiary/aromatic N) is 3. The average molecular weight is 711 g/mol. The molecule has 4 rings (SSSR count). The van der Waals surface area contributed by atoms with Crippen molar-refractivity contribution in [2.45, 2.75) is 96.1 Å². The third kappa shape index (κ3) is 9.43. The van der Waals surface area contributed by atoms with E-state index in [2.05, 4.69) is 31.7 Å². The molecule has 15 heteroatoms. The molecular weight excluding hydrogens is 661 g/mol. The van der Waals surface area contributed by atoms with Crippen LogP contribution in [-0.2, 0) is 31.0 Å². The number of hydrogen-bond donors (Lipinski definition) is 5. The lowest BCUT2D eigenvalue weighted by Gasteiger charge is -2.32. The van der Waals surface area contributed by atoms with Gasteiger partial charge in [-0.05, 0) is 55.2 Å². The summed E-state index contributed by atoms with van der Waals surface area (Å²) in [6.07, 6.45) is 2.14. The number of benzene rings is 1. The Kier molecular flexibility index (Phi) is 13.1. The standard InChI is InChI=1S/C35H50N8O6S/c1-19(2)25-16-27(42(6)41-25)33(47)37-23-15-28-34(48)36-21(5)31(45)39-26(22-11-9-8-10-12-22)17-29(44)38-24(13-14-50-7)32(46)40-30(20(3)4)35(49)43(28)18-23/h8-12,16,19-21,23-24,26,28,30H,13-15,17-18H2,1-7H3,(H,36,48)(H,37,47)(H,38,44)(H,39,45)(H,40,46)/t21-,23-,24-,26-,28-,30-/m0/s1. The molecule has 1 aromatic carbocycles. The highest BCUT2D eigenvalue weighted by Gasteiger charge is 2.44. The maximum absolute atomic E-state index is 14.3. The summed E-state index contributed by atoms with van der Waals surface area (Å²) in [4.78, 5) is 83.5. The van der Waals surface area contributed by atoms with Gasteiger partial charge < -0.3 is 31.5 Å². The van der Waals surface area contributed by atoms with E-state index < -0.39 is 71.7 Å². The Morgan fingerprint density at radius 2 is 1.68 bits per heavy atom. The normalized spacial score (nSPS) is 25.5. The summed E-state index contributed by atoms with van der Waals surface area (Å²) < 4.78 is 1.50. The Labute approximate surface area is 297 Å². The molecule has 50 heavy (non-hydrogen) atoms. The summed E-state index contributed by atoms with van der Waals surface area (Å²) in [7, 11) is 1.68. The number of thioether (sulfide) groups is 1. The van der Waals surface area contributed by atoms with Gasteiger partial charge in [0.1, 0.15) is 29.9 Å². The number of carbonyl (C=O) groups excluding carboxylic acids is 6. The van der Waals surface area contributed by atoms with E-state index in [0.29, 0.717) is 23.4 Å². The molecule has 14 nitrogen and oxygen atoms in total. The minimum absolute atomic E-state index is 0.0000621. The zero-order valence-electron chi connectivity index (χ0n) is 29.8. The minimum atomic E-state index is -1.04. The second kappa shape index (κ2) is 17.0. The van der Waals surface area contributed by atoms with Crippen LogP contribution in [0.15, 0.2) is 36.4 Å². The lowest BCUT2D eigenvalue weighted by atomic mass is 10.0. The van der Waals surface area contributed by atoms with Gasteiger partial charge in [0.25, 0.3) is 5.91 Å². The third-order valence-corrected chi connectivity index (χ3v) is 9.74. The Morgan fingerprint density at radius 3 is 2.30 bits per heavy atom. The molecule has 0 radical (unpaired) electrons. The Balaban J connectivity index is 1.67. The number of rotatable bonds is 8. The Morgan fingerprint density at radius 1 is 0.980 bits per heavy atom. The first-order valence-corrected chi connectivity index (χ1v) is 18.5. The van der Waals surface area contributed by atoms with E-state index in [4.69, 9.17) is 0 Å². The first kappa shape index (κ1) is 38.4. The third-order valence-electron chi connectivity index (χ3n) is 9.10. The minimum Gasteiger partial charge on any atom is -0.347 e. The second-order valence-corrected chi connectivity index (χ2v) is 14.7. The van der Waals surface area contributed by atoms with Gasteiger partial charge in [-0.2, -0.15) is 16.9 Å². The molecule has 0 spiro atoms. The lowest BCUT2D eigenvalue weighted by molar-refractivity contribution is -0.143. The molecule has 0 aliphatic carbocycles. The fourth-order valence-electron chi connectivity index (χ4n) is 6.17. The van der Waals surface area contributed by atoms with Crippen LogP contribution >= 0.6 is 11.8 Å². The van der Waals surface area contributed by atoms with Crippen molar-refractivity contribution in [2.24, 2.45) is 13.0 Å². The van der Waals surface area contributed by atoms with Crippen LogP contribution in [0.4, 0.5) is 0 Å². The molecule has 2 saturated heterocycles. The average Bonchev–Trinajstić information content (AvgIpc) is 3.68. The molecule has 0 bridgehead atoms. The maximum atomic E-state index is 14.3. The van der Waals surface area contributed by atoms with Gasteiger partial charge in [0.05, 0.1) is 18.2 Å². The molecule has 5 N–H and O–H groups in total. The van der Waals surface area contributed by atoms with Gasteiger partial charge in [-0.3, -0.25) is 33.4 Å². The van der Waals surface area contributed by atoms with E-state index in [9.17, 15) is 28.8 Å². The second-order valence-electron chi connectivity index (χ2n) is 13.7. The Bertz CT molecular complexity index is 1560. The van der Waals surface area contributed by atoms with Crippen LogP contribution in [0.3, 0.4) is 0 Å². The molecule has 2 fully saturated rings. The summed E-state index contributed by atoms with van der Waals surface area (Å²) >= 11 is 1.52. The van der Waals surface area contributed by atoms with Crippen LogP contribution in [0.5, 0.6) is 0 Å². The molecule has 0 saturated carbocycles. The van der Waals surface area contributed by atoms with Gasteiger partial charge in [-0.1, -0.05) is 58.0 Å². The van der Waals surface area contributed by atoms with Crippen molar-refractivity contribution in [1.29, 1.82) is 0 Å². The van der Waals surface area contributed by atoms with Gasteiger partial charge in [-0.25, -0.2) is 0 Å². The summed E-state index contributed by atoms with van der Waals surface area (Å²) in [5.41, 5.74) is 1.78. The van der Waals surface area contributed by atoms with E-state index >= 15 is 0 Å². The van der Waals surface area contributed by atoms with Crippen LogP contribution < -0.4 is 26.6 Å². The largest absolute Gasteiger partial charge is 0.347 e. The van der Waals surface area contributed by atoms with Crippen LogP contribution in [0.25, 0.3) is 0 Å². The van der Waals surface area contributed by atoms with E-state index in [1.807, 2.05) is 26.2 Å². The zero-order valence-corrected chi connectivity index (χ0v) is 30.6. The first-order valence-electron chi connectivity index (χ1n) is 17.1. The number of aromatic nitrogens is 2. The first-order chi connectivity index (χ1) is 23.7. The van der Waals surface area contributed by atoms with Crippen molar-refractivity contribution >= 4 is 47.2 Å². The van der Waals surface area contributed by atoms with E-state index in [-0.39, 0.29) is 31.2 Å². The molecule has 6 atom stereocenters. The van der Waals surface area contributed by atoms with Gasteiger partial charge in [0.15, 0.2) is 0 Å². The maximum Gasteiger partial charge on any atom is 0.269 e. The van der Waals surface area contributed by atoms with Gasteiger partial charge in [-0.15, -0.1) is 0 Å². The SMILES string of the molecule is CSCC[C@@H]1NC(=O)C[C@@H](c2ccccc2)NC(=O)[C@H](C)NC(=O)[C@@H]2C[C@H](NC(=O)c3cc(C(C)C)nn3C)CN2C(=O)[C@H](C(C)C)NC1=O. The van der Waals surface area contributed by atoms with Crippen molar-refractivity contribution in [3.05, 3.63) is 53.3 Å². The molecule has 6 amide bonds. The Hall–Kier alpha value is -4.40. The molecule has 0 unspecified atom stereocenters. The molecule has 1 aromatic heterocycles. The lowest BCUT2D eigenvalue weighted by Crippen LogP contribution is -2.59. The molecule has 272 valence electrons. The summed E-state index contributed by atoms with van der Waals surface area (Å²) in [6, 6.07) is 5.33. The smallest absolute Gasteiger partial charge is 0.269 e. The number of aryl methyl sites for hydroxylation is 1. The highest BCUT2D eigenvalue weighted by Crippen LogP contribution is 2.24. The zero-order chi connectivity index (χ0) is 36.7. The van der Waals surface area contributed by atoms with E-state index in [1.54, 1.807) is 51.2 Å². The predicted octanol–water partition coefficient (Wildman–Crippen LogP) is 1.39. The summed E-state index contributed by atoms with van der Waals surface area (Å²) in [6.45, 7) is 9.05. The summed E-state index contributed by atoms with van der Waals surface area (Å²) in [5.74, 6) is -2.68. The van der Waals surface area contributed by atoms with E-state index in [1.165, 1.54) is 28.3 Å². The molecule has 3 heterocycles. The molecule has 2 aliphatic heterocycles. The highest BCUT2D eigenvalue weighted by molar-refractivity contribution is 7.98. The molecule has 2 aromatic rings. The highest BCUT2D eigenvalue weighted by atomic mass is 32.2. The topological polar surface area (TPSA) is 184 Å².